The van der Waals surface area contributed by atoms with E-state index in [0.29, 0.717) is 12.4 Å². The summed E-state index contributed by atoms with van der Waals surface area (Å²) in [4.78, 5) is 4.09. The van der Waals surface area contributed by atoms with Gasteiger partial charge in [0.2, 0.25) is 5.88 Å². The van der Waals surface area contributed by atoms with Crippen molar-refractivity contribution in [3.05, 3.63) is 23.4 Å². The van der Waals surface area contributed by atoms with Gasteiger partial charge in [0.25, 0.3) is 0 Å². The molecule has 1 rings (SSSR count). The van der Waals surface area contributed by atoms with Crippen LogP contribution in [0, 0.1) is 18.8 Å². The lowest BCUT2D eigenvalue weighted by Gasteiger charge is -2.01. The minimum Gasteiger partial charge on any atom is -0.481 e. The van der Waals surface area contributed by atoms with E-state index in [9.17, 15) is 0 Å². The molecule has 0 fully saturated rings. The van der Waals surface area contributed by atoms with Crippen LogP contribution >= 0.6 is 0 Å². The molecule has 0 aliphatic carbocycles. The molecule has 0 spiro atoms. The maximum absolute atomic E-state index is 5.00. The Balaban J connectivity index is 2.85. The molecule has 0 amide bonds. The third kappa shape index (κ3) is 2.75. The summed E-state index contributed by atoms with van der Waals surface area (Å²) in [6.07, 6.45) is 1.73. The van der Waals surface area contributed by atoms with Gasteiger partial charge < -0.3 is 10.1 Å². The first kappa shape index (κ1) is 10.6. The lowest BCUT2D eigenvalue weighted by molar-refractivity contribution is 0.397. The van der Waals surface area contributed by atoms with Crippen LogP contribution in [-0.4, -0.2) is 25.7 Å². The smallest absolute Gasteiger partial charge is 0.213 e. The molecule has 0 unspecified atom stereocenters. The van der Waals surface area contributed by atoms with Crippen LogP contribution in [0.4, 0.5) is 0 Å². The molecule has 0 saturated carbocycles. The van der Waals surface area contributed by atoms with Crippen molar-refractivity contribution in [2.75, 3.05) is 20.7 Å². The molecule has 14 heavy (non-hydrogen) atoms. The summed E-state index contributed by atoms with van der Waals surface area (Å²) in [6, 6.07) is 1.88. The molecular formula is C11H14N2O. The maximum Gasteiger partial charge on any atom is 0.213 e. The van der Waals surface area contributed by atoms with Gasteiger partial charge in [0.1, 0.15) is 0 Å². The fourth-order valence-corrected chi connectivity index (χ4v) is 1.00. The number of rotatable bonds is 2. The molecule has 0 atom stereocenters. The minimum absolute atomic E-state index is 0.627. The first-order chi connectivity index (χ1) is 6.77. The molecule has 3 nitrogen and oxygen atoms in total. The summed E-state index contributed by atoms with van der Waals surface area (Å²) < 4.78 is 5.00. The van der Waals surface area contributed by atoms with Crippen molar-refractivity contribution in [1.29, 1.82) is 0 Å². The van der Waals surface area contributed by atoms with E-state index in [0.717, 1.165) is 11.1 Å². The third-order valence-electron chi connectivity index (χ3n) is 1.78. The van der Waals surface area contributed by atoms with Gasteiger partial charge >= 0.3 is 0 Å². The van der Waals surface area contributed by atoms with Crippen LogP contribution in [0.15, 0.2) is 12.3 Å². The van der Waals surface area contributed by atoms with Gasteiger partial charge in [-0.05, 0) is 19.5 Å². The first-order valence-corrected chi connectivity index (χ1v) is 4.42. The lowest BCUT2D eigenvalue weighted by Crippen LogP contribution is -2.04. The number of aromatic nitrogens is 1. The highest BCUT2D eigenvalue weighted by Crippen LogP contribution is 2.11. The number of hydrogen-bond acceptors (Lipinski definition) is 3. The van der Waals surface area contributed by atoms with Crippen LogP contribution in [-0.2, 0) is 0 Å². The Morgan fingerprint density at radius 3 is 2.93 bits per heavy atom. The summed E-state index contributed by atoms with van der Waals surface area (Å²) in [6.45, 7) is 2.68. The number of ether oxygens (including phenoxy) is 1. The van der Waals surface area contributed by atoms with Crippen molar-refractivity contribution in [2.45, 2.75) is 6.92 Å². The zero-order valence-corrected chi connectivity index (χ0v) is 8.72. The van der Waals surface area contributed by atoms with Crippen molar-refractivity contribution in [2.24, 2.45) is 0 Å². The number of pyridine rings is 1. The van der Waals surface area contributed by atoms with E-state index in [-0.39, 0.29) is 0 Å². The largest absolute Gasteiger partial charge is 0.481 e. The maximum atomic E-state index is 5.00. The Hall–Kier alpha value is -1.53. The van der Waals surface area contributed by atoms with Crippen LogP contribution in [0.25, 0.3) is 0 Å². The average molecular weight is 190 g/mol. The topological polar surface area (TPSA) is 34.2 Å². The van der Waals surface area contributed by atoms with E-state index in [1.165, 1.54) is 0 Å². The zero-order valence-electron chi connectivity index (χ0n) is 8.72. The monoisotopic (exact) mass is 190 g/mol. The quantitative estimate of drug-likeness (QED) is 0.706. The summed E-state index contributed by atoms with van der Waals surface area (Å²) in [5.74, 6) is 6.65. The molecule has 0 aliphatic rings. The first-order valence-electron chi connectivity index (χ1n) is 4.42. The van der Waals surface area contributed by atoms with E-state index >= 15 is 0 Å². The van der Waals surface area contributed by atoms with Gasteiger partial charge in [-0.25, -0.2) is 4.98 Å². The summed E-state index contributed by atoms with van der Waals surface area (Å²) in [5, 5.41) is 2.96. The standard InChI is InChI=1S/C11H14N2O/c1-9-7-11(14-3)13-8-10(9)5-4-6-12-2/h7-8,12H,6H2,1-3H3. The Bertz CT molecular complexity index is 363. The molecule has 74 valence electrons. The summed E-state index contributed by atoms with van der Waals surface area (Å²) in [7, 11) is 3.47. The Labute approximate surface area is 84.5 Å². The lowest BCUT2D eigenvalue weighted by atomic mass is 10.1. The van der Waals surface area contributed by atoms with Gasteiger partial charge in [-0.15, -0.1) is 0 Å². The number of hydrogen-bond donors (Lipinski definition) is 1. The Morgan fingerprint density at radius 2 is 2.36 bits per heavy atom. The third-order valence-corrected chi connectivity index (χ3v) is 1.78. The number of methoxy groups -OCH3 is 1. The molecule has 1 aromatic rings. The van der Waals surface area contributed by atoms with E-state index < -0.39 is 0 Å². The fourth-order valence-electron chi connectivity index (χ4n) is 1.00. The fraction of sp³-hybridized carbons (Fsp3) is 0.364. The minimum atomic E-state index is 0.627. The van der Waals surface area contributed by atoms with E-state index in [1.54, 1.807) is 13.3 Å². The molecule has 0 bridgehead atoms. The van der Waals surface area contributed by atoms with Crippen molar-refractivity contribution >= 4 is 0 Å². The van der Waals surface area contributed by atoms with Crippen LogP contribution in [0.3, 0.4) is 0 Å². The molecule has 3 heteroatoms. The Kier molecular flexibility index (Phi) is 3.96. The van der Waals surface area contributed by atoms with Gasteiger partial charge in [-0.2, -0.15) is 0 Å². The van der Waals surface area contributed by atoms with E-state index in [2.05, 4.69) is 22.1 Å². The second kappa shape index (κ2) is 5.25. The van der Waals surface area contributed by atoms with Gasteiger partial charge in [-0.1, -0.05) is 11.8 Å². The number of aryl methyl sites for hydroxylation is 1. The molecule has 0 aliphatic heterocycles. The highest BCUT2D eigenvalue weighted by molar-refractivity contribution is 5.40. The summed E-state index contributed by atoms with van der Waals surface area (Å²) >= 11 is 0. The van der Waals surface area contributed by atoms with Gasteiger partial charge in [0.15, 0.2) is 0 Å². The SMILES string of the molecule is CNCC#Cc1cnc(OC)cc1C. The molecule has 0 saturated heterocycles. The van der Waals surface area contributed by atoms with Crippen molar-refractivity contribution in [1.82, 2.24) is 10.3 Å². The molecular weight excluding hydrogens is 176 g/mol. The van der Waals surface area contributed by atoms with Gasteiger partial charge in [0.05, 0.1) is 13.7 Å². The second-order valence-corrected chi connectivity index (χ2v) is 2.87. The number of nitrogens with zero attached hydrogens (tertiary/aromatic N) is 1. The van der Waals surface area contributed by atoms with Crippen LogP contribution in [0.2, 0.25) is 0 Å². The van der Waals surface area contributed by atoms with Crippen LogP contribution < -0.4 is 10.1 Å². The zero-order chi connectivity index (χ0) is 10.4. The van der Waals surface area contributed by atoms with Crippen LogP contribution in [0.1, 0.15) is 11.1 Å². The van der Waals surface area contributed by atoms with Gasteiger partial charge in [-0.3, -0.25) is 0 Å². The van der Waals surface area contributed by atoms with Gasteiger partial charge in [0, 0.05) is 17.8 Å². The summed E-state index contributed by atoms with van der Waals surface area (Å²) in [5.41, 5.74) is 2.03. The van der Waals surface area contributed by atoms with Crippen molar-refractivity contribution < 1.29 is 4.74 Å². The molecule has 0 aromatic carbocycles. The molecule has 0 radical (unpaired) electrons. The average Bonchev–Trinajstić information content (AvgIpc) is 2.20. The van der Waals surface area contributed by atoms with E-state index in [4.69, 9.17) is 4.74 Å². The highest BCUT2D eigenvalue weighted by Gasteiger charge is 1.97. The normalized spacial score (nSPS) is 9.07. The number of nitrogens with one attached hydrogen (secondary N) is 1. The van der Waals surface area contributed by atoms with Crippen LogP contribution in [0.5, 0.6) is 5.88 Å². The molecule has 1 aromatic heterocycles. The predicted octanol–water partition coefficient (Wildman–Crippen LogP) is 0.970. The van der Waals surface area contributed by atoms with Crippen molar-refractivity contribution in [3.8, 4) is 17.7 Å². The molecule has 1 N–H and O–H groups in total. The van der Waals surface area contributed by atoms with Crippen molar-refractivity contribution in [3.63, 3.8) is 0 Å². The molecule has 1 heterocycles. The second-order valence-electron chi connectivity index (χ2n) is 2.87. The van der Waals surface area contributed by atoms with E-state index in [1.807, 2.05) is 20.0 Å². The highest BCUT2D eigenvalue weighted by atomic mass is 16.5. The Morgan fingerprint density at radius 1 is 1.57 bits per heavy atom. The predicted molar refractivity (Wildman–Crippen MR) is 56.3 cm³/mol.